The second-order valence-electron chi connectivity index (χ2n) is 7.60. The molecule has 0 atom stereocenters. The minimum absolute atomic E-state index is 0.107. The number of hydrogen-bond acceptors (Lipinski definition) is 8. The molecule has 1 fully saturated rings. The van der Waals surface area contributed by atoms with Crippen molar-refractivity contribution in [2.75, 3.05) is 37.5 Å². The van der Waals surface area contributed by atoms with Crippen molar-refractivity contribution in [2.24, 2.45) is 0 Å². The van der Waals surface area contributed by atoms with Gasteiger partial charge in [0.05, 0.1) is 24.7 Å². The summed E-state index contributed by atoms with van der Waals surface area (Å²) in [6, 6.07) is 9.06. The monoisotopic (exact) mass is 423 g/mol. The molecule has 0 amide bonds. The molecule has 1 aliphatic heterocycles. The van der Waals surface area contributed by atoms with Crippen LogP contribution in [0.1, 0.15) is 18.4 Å². The molecule has 0 aliphatic carbocycles. The molecule has 0 bridgehead atoms. The number of rotatable bonds is 6. The Morgan fingerprint density at radius 3 is 2.48 bits per heavy atom. The van der Waals surface area contributed by atoms with E-state index in [-0.39, 0.29) is 16.7 Å². The Bertz CT molecular complexity index is 1110. The molecule has 1 N–H and O–H groups in total. The fourth-order valence-electron chi connectivity index (χ4n) is 4.00. The number of nitrogens with zero attached hydrogens (tertiary/aromatic N) is 4. The first-order valence-electron chi connectivity index (χ1n) is 10.1. The summed E-state index contributed by atoms with van der Waals surface area (Å²) in [6.45, 7) is 3.48. The van der Waals surface area contributed by atoms with Crippen molar-refractivity contribution < 1.29 is 14.4 Å². The molecule has 0 saturated carbocycles. The van der Waals surface area contributed by atoms with E-state index < -0.39 is 0 Å². The molecule has 31 heavy (non-hydrogen) atoms. The largest absolute Gasteiger partial charge is 0.493 e. The van der Waals surface area contributed by atoms with E-state index in [2.05, 4.69) is 20.2 Å². The minimum Gasteiger partial charge on any atom is -0.493 e. The van der Waals surface area contributed by atoms with Gasteiger partial charge >= 0.3 is 0 Å². The van der Waals surface area contributed by atoms with Crippen LogP contribution in [0.15, 0.2) is 36.7 Å². The third kappa shape index (κ3) is 4.16. The van der Waals surface area contributed by atoms with Crippen LogP contribution in [0.3, 0.4) is 0 Å². The van der Waals surface area contributed by atoms with Gasteiger partial charge in [-0.25, -0.2) is 9.97 Å². The summed E-state index contributed by atoms with van der Waals surface area (Å²) in [7, 11) is 3.21. The normalized spacial score (nSPS) is 14.5. The molecular formula is C22H25N5O4. The Kier molecular flexibility index (Phi) is 5.75. The number of benzene rings is 2. The van der Waals surface area contributed by atoms with Crippen LogP contribution in [-0.2, 0) is 0 Å². The van der Waals surface area contributed by atoms with Crippen molar-refractivity contribution in [3.63, 3.8) is 0 Å². The molecule has 2 aromatic carbocycles. The number of methoxy groups -OCH3 is 2. The highest BCUT2D eigenvalue weighted by molar-refractivity contribution is 5.92. The summed E-state index contributed by atoms with van der Waals surface area (Å²) >= 11 is 0. The molecule has 1 saturated heterocycles. The van der Waals surface area contributed by atoms with E-state index in [0.29, 0.717) is 17.2 Å². The highest BCUT2D eigenvalue weighted by Crippen LogP contribution is 2.35. The zero-order valence-corrected chi connectivity index (χ0v) is 17.8. The van der Waals surface area contributed by atoms with Crippen LogP contribution in [0.25, 0.3) is 10.9 Å². The van der Waals surface area contributed by atoms with Crippen LogP contribution >= 0.6 is 0 Å². The number of ether oxygens (including phenoxy) is 2. The third-order valence-corrected chi connectivity index (χ3v) is 5.62. The van der Waals surface area contributed by atoms with Crippen molar-refractivity contribution in [2.45, 2.75) is 25.8 Å². The molecule has 1 aromatic heterocycles. The van der Waals surface area contributed by atoms with E-state index in [4.69, 9.17) is 9.47 Å². The predicted molar refractivity (Wildman–Crippen MR) is 119 cm³/mol. The van der Waals surface area contributed by atoms with Gasteiger partial charge in [-0.1, -0.05) is 6.07 Å². The molecule has 9 nitrogen and oxygen atoms in total. The maximum atomic E-state index is 11.4. The number of aryl methyl sites for hydroxylation is 1. The zero-order chi connectivity index (χ0) is 22.0. The quantitative estimate of drug-likeness (QED) is 0.470. The van der Waals surface area contributed by atoms with Crippen molar-refractivity contribution in [3.05, 3.63) is 52.3 Å². The first-order valence-corrected chi connectivity index (χ1v) is 10.1. The SMILES string of the molecule is COc1cc2ncnc(N3CCC(Nc4cc(C)ccc4[N+](=O)[O-])CC3)c2cc1OC. The lowest BCUT2D eigenvalue weighted by atomic mass is 10.0. The van der Waals surface area contributed by atoms with Gasteiger partial charge in [0, 0.05) is 36.7 Å². The van der Waals surface area contributed by atoms with Crippen molar-refractivity contribution >= 4 is 28.1 Å². The Balaban J connectivity index is 1.53. The van der Waals surface area contributed by atoms with Gasteiger partial charge < -0.3 is 19.7 Å². The van der Waals surface area contributed by atoms with Crippen LogP contribution in [0, 0.1) is 17.0 Å². The van der Waals surface area contributed by atoms with Gasteiger partial charge in [0.25, 0.3) is 5.69 Å². The first kappa shape index (κ1) is 20.6. The lowest BCUT2D eigenvalue weighted by Crippen LogP contribution is -2.39. The number of nitro benzene ring substituents is 1. The number of nitro groups is 1. The summed E-state index contributed by atoms with van der Waals surface area (Å²) in [5.41, 5.74) is 2.46. The van der Waals surface area contributed by atoms with E-state index >= 15 is 0 Å². The van der Waals surface area contributed by atoms with Gasteiger partial charge in [0.15, 0.2) is 11.5 Å². The third-order valence-electron chi connectivity index (χ3n) is 5.62. The smallest absolute Gasteiger partial charge is 0.292 e. The van der Waals surface area contributed by atoms with Gasteiger partial charge in [0.2, 0.25) is 0 Å². The number of aromatic nitrogens is 2. The van der Waals surface area contributed by atoms with Crippen molar-refractivity contribution in [3.8, 4) is 11.5 Å². The Labute approximate surface area is 180 Å². The minimum atomic E-state index is -0.342. The van der Waals surface area contributed by atoms with Crippen LogP contribution < -0.4 is 19.7 Å². The van der Waals surface area contributed by atoms with Gasteiger partial charge in [0.1, 0.15) is 17.8 Å². The van der Waals surface area contributed by atoms with Gasteiger partial charge in [-0.2, -0.15) is 0 Å². The summed E-state index contributed by atoms with van der Waals surface area (Å²) in [6.07, 6.45) is 3.23. The average molecular weight is 423 g/mol. The Morgan fingerprint density at radius 2 is 1.81 bits per heavy atom. The second kappa shape index (κ2) is 8.63. The first-order chi connectivity index (χ1) is 15.0. The molecule has 1 aliphatic rings. The van der Waals surface area contributed by atoms with Crippen molar-refractivity contribution in [1.82, 2.24) is 9.97 Å². The fraction of sp³-hybridized carbons (Fsp3) is 0.364. The van der Waals surface area contributed by atoms with Crippen LogP contribution in [0.4, 0.5) is 17.2 Å². The van der Waals surface area contributed by atoms with E-state index in [0.717, 1.165) is 48.2 Å². The molecule has 0 unspecified atom stereocenters. The summed E-state index contributed by atoms with van der Waals surface area (Å²) in [5, 5.41) is 15.6. The number of nitrogens with one attached hydrogen (secondary N) is 1. The Morgan fingerprint density at radius 1 is 1.10 bits per heavy atom. The van der Waals surface area contributed by atoms with Gasteiger partial charge in [-0.05, 0) is 37.5 Å². The van der Waals surface area contributed by atoms with Gasteiger partial charge in [-0.3, -0.25) is 10.1 Å². The molecule has 3 aromatic rings. The number of anilines is 2. The van der Waals surface area contributed by atoms with E-state index in [9.17, 15) is 10.1 Å². The molecule has 0 spiro atoms. The molecule has 2 heterocycles. The van der Waals surface area contributed by atoms with Crippen molar-refractivity contribution in [1.29, 1.82) is 0 Å². The number of fused-ring (bicyclic) bond motifs is 1. The van der Waals surface area contributed by atoms with Crippen LogP contribution in [-0.4, -0.2) is 48.2 Å². The number of hydrogen-bond donors (Lipinski definition) is 1. The second-order valence-corrected chi connectivity index (χ2v) is 7.60. The maximum absolute atomic E-state index is 11.4. The molecular weight excluding hydrogens is 398 g/mol. The predicted octanol–water partition coefficient (Wildman–Crippen LogP) is 3.94. The Hall–Kier alpha value is -3.62. The van der Waals surface area contributed by atoms with E-state index in [1.165, 1.54) is 0 Å². The average Bonchev–Trinajstić information content (AvgIpc) is 2.78. The van der Waals surface area contributed by atoms with E-state index in [1.807, 2.05) is 25.1 Å². The molecule has 4 rings (SSSR count). The topological polar surface area (TPSA) is 103 Å². The summed E-state index contributed by atoms with van der Waals surface area (Å²) in [4.78, 5) is 22.1. The highest BCUT2D eigenvalue weighted by atomic mass is 16.6. The number of piperidine rings is 1. The summed E-state index contributed by atoms with van der Waals surface area (Å²) < 4.78 is 10.8. The van der Waals surface area contributed by atoms with Gasteiger partial charge in [-0.15, -0.1) is 0 Å². The van der Waals surface area contributed by atoms with Crippen LogP contribution in [0.2, 0.25) is 0 Å². The zero-order valence-electron chi connectivity index (χ0n) is 17.8. The molecule has 9 heteroatoms. The highest BCUT2D eigenvalue weighted by Gasteiger charge is 2.24. The fourth-order valence-corrected chi connectivity index (χ4v) is 4.00. The standard InChI is InChI=1S/C22H25N5O4/c1-14-4-5-19(27(28)29)18(10-14)25-15-6-8-26(9-7-15)22-16-11-20(30-2)21(31-3)12-17(16)23-13-24-22/h4-5,10-13,15,25H,6-9H2,1-3H3. The van der Waals surface area contributed by atoms with Crippen LogP contribution in [0.5, 0.6) is 11.5 Å². The lowest BCUT2D eigenvalue weighted by molar-refractivity contribution is -0.384. The van der Waals surface area contributed by atoms with E-state index in [1.54, 1.807) is 32.7 Å². The maximum Gasteiger partial charge on any atom is 0.292 e. The molecule has 162 valence electrons. The molecule has 0 radical (unpaired) electrons. The summed E-state index contributed by atoms with van der Waals surface area (Å²) in [5.74, 6) is 2.11. The lowest BCUT2D eigenvalue weighted by Gasteiger charge is -2.34.